The predicted molar refractivity (Wildman–Crippen MR) is 120 cm³/mol. The quantitative estimate of drug-likeness (QED) is 0.269. The van der Waals surface area contributed by atoms with Crippen molar-refractivity contribution in [3.8, 4) is 23.0 Å². The van der Waals surface area contributed by atoms with Gasteiger partial charge in [-0.05, 0) is 33.6 Å². The number of furan rings is 1. The Morgan fingerprint density at radius 3 is 2.42 bits per heavy atom. The Morgan fingerprint density at radius 1 is 0.903 bits per heavy atom. The highest BCUT2D eigenvalue weighted by Crippen LogP contribution is 2.29. The minimum atomic E-state index is 0.481. The van der Waals surface area contributed by atoms with Crippen LogP contribution >= 0.6 is 27.7 Å². The molecule has 3 aromatic heterocycles. The summed E-state index contributed by atoms with van der Waals surface area (Å²) in [6.45, 7) is 0.614. The zero-order valence-corrected chi connectivity index (χ0v) is 18.6. The van der Waals surface area contributed by atoms with Gasteiger partial charge in [-0.3, -0.25) is 4.57 Å². The van der Waals surface area contributed by atoms with Crippen LogP contribution in [-0.4, -0.2) is 24.9 Å². The molecule has 0 atom stereocenters. The van der Waals surface area contributed by atoms with Gasteiger partial charge in [0.05, 0.1) is 12.3 Å². The number of aromatic nitrogens is 5. The highest BCUT2D eigenvalue weighted by molar-refractivity contribution is 9.10. The van der Waals surface area contributed by atoms with Crippen LogP contribution < -0.4 is 0 Å². The van der Waals surface area contributed by atoms with Crippen LogP contribution in [0.25, 0.3) is 23.0 Å². The Labute approximate surface area is 190 Å². The van der Waals surface area contributed by atoms with E-state index in [4.69, 9.17) is 8.94 Å². The minimum absolute atomic E-state index is 0.481. The molecule has 0 aliphatic rings. The Bertz CT molecular complexity index is 1280. The second kappa shape index (κ2) is 8.91. The third-order valence-corrected chi connectivity index (χ3v) is 5.90. The summed E-state index contributed by atoms with van der Waals surface area (Å²) in [4.78, 5) is 4.50. The van der Waals surface area contributed by atoms with Crippen LogP contribution in [-0.2, 0) is 12.3 Å². The molecular formula is C22H16BrN5O2S. The van der Waals surface area contributed by atoms with E-state index in [1.807, 2.05) is 65.2 Å². The molecule has 0 N–H and O–H groups in total. The summed E-state index contributed by atoms with van der Waals surface area (Å²) < 4.78 is 13.8. The molecule has 0 saturated heterocycles. The predicted octanol–water partition coefficient (Wildman–Crippen LogP) is 5.69. The van der Waals surface area contributed by atoms with Crippen LogP contribution in [0.15, 0.2) is 91.6 Å². The molecule has 0 saturated carbocycles. The third-order valence-electron chi connectivity index (χ3n) is 4.52. The zero-order chi connectivity index (χ0) is 21.0. The molecule has 5 aromatic rings. The van der Waals surface area contributed by atoms with E-state index in [2.05, 4.69) is 48.4 Å². The van der Waals surface area contributed by atoms with Crippen LogP contribution in [0.1, 0.15) is 11.5 Å². The Morgan fingerprint density at radius 2 is 1.68 bits per heavy atom. The number of benzene rings is 2. The van der Waals surface area contributed by atoms with Crippen molar-refractivity contribution in [2.24, 2.45) is 0 Å². The van der Waals surface area contributed by atoms with Gasteiger partial charge in [-0.1, -0.05) is 77.6 Å². The fourth-order valence-corrected chi connectivity index (χ4v) is 4.15. The first kappa shape index (κ1) is 19.8. The molecule has 5 rings (SSSR count). The molecule has 2 aromatic carbocycles. The van der Waals surface area contributed by atoms with Crippen LogP contribution in [0, 0.1) is 0 Å². The van der Waals surface area contributed by atoms with Gasteiger partial charge in [0, 0.05) is 5.56 Å². The fourth-order valence-electron chi connectivity index (χ4n) is 3.07. The molecule has 7 nitrogen and oxygen atoms in total. The van der Waals surface area contributed by atoms with Crippen LogP contribution in [0.4, 0.5) is 0 Å². The standard InChI is InChI=1S/C22H16BrN5O2S/c23-18-12-11-17(29-18)21-25-26-22(28(21)13-15-7-3-1-4-8-15)31-14-19-24-20(27-30-19)16-9-5-2-6-10-16/h1-12H,13-14H2. The van der Waals surface area contributed by atoms with Gasteiger partial charge < -0.3 is 8.94 Å². The zero-order valence-electron chi connectivity index (χ0n) is 16.2. The normalized spacial score (nSPS) is 11.1. The minimum Gasteiger partial charge on any atom is -0.446 e. The van der Waals surface area contributed by atoms with Crippen molar-refractivity contribution in [2.75, 3.05) is 0 Å². The maximum Gasteiger partial charge on any atom is 0.237 e. The maximum absolute atomic E-state index is 5.72. The number of halogens is 1. The van der Waals surface area contributed by atoms with E-state index in [9.17, 15) is 0 Å². The largest absolute Gasteiger partial charge is 0.446 e. The lowest BCUT2D eigenvalue weighted by Gasteiger charge is -2.08. The van der Waals surface area contributed by atoms with Gasteiger partial charge in [0.2, 0.25) is 17.5 Å². The van der Waals surface area contributed by atoms with E-state index in [0.29, 0.717) is 40.3 Å². The summed E-state index contributed by atoms with van der Waals surface area (Å²) in [6, 6.07) is 23.6. The smallest absolute Gasteiger partial charge is 0.237 e. The number of hydrogen-bond acceptors (Lipinski definition) is 7. The lowest BCUT2D eigenvalue weighted by molar-refractivity contribution is 0.391. The lowest BCUT2D eigenvalue weighted by Crippen LogP contribution is -2.04. The first-order chi connectivity index (χ1) is 15.3. The third kappa shape index (κ3) is 4.47. The number of nitrogens with zero attached hydrogens (tertiary/aromatic N) is 5. The molecule has 9 heteroatoms. The summed E-state index contributed by atoms with van der Waals surface area (Å²) in [5.74, 6) is 2.89. The highest BCUT2D eigenvalue weighted by atomic mass is 79.9. The summed E-state index contributed by atoms with van der Waals surface area (Å²) in [6.07, 6.45) is 0. The maximum atomic E-state index is 5.72. The second-order valence-corrected chi connectivity index (χ2v) is 8.37. The molecule has 0 amide bonds. The molecule has 0 radical (unpaired) electrons. The molecule has 31 heavy (non-hydrogen) atoms. The van der Waals surface area contributed by atoms with Gasteiger partial charge in [-0.25, -0.2) is 0 Å². The van der Waals surface area contributed by atoms with E-state index in [1.54, 1.807) is 0 Å². The summed E-state index contributed by atoms with van der Waals surface area (Å²) in [5.41, 5.74) is 2.06. The molecule has 0 aliphatic heterocycles. The average Bonchev–Trinajstić information content (AvgIpc) is 3.54. The monoisotopic (exact) mass is 493 g/mol. The van der Waals surface area contributed by atoms with Crippen molar-refractivity contribution in [2.45, 2.75) is 17.5 Å². The molecule has 154 valence electrons. The van der Waals surface area contributed by atoms with Crippen molar-refractivity contribution in [1.82, 2.24) is 24.9 Å². The topological polar surface area (TPSA) is 82.8 Å². The lowest BCUT2D eigenvalue weighted by atomic mass is 10.2. The SMILES string of the molecule is Brc1ccc(-c2nnc(SCc3nc(-c4ccccc4)no3)n2Cc2ccccc2)o1. The van der Waals surface area contributed by atoms with Crippen LogP contribution in [0.3, 0.4) is 0 Å². The van der Waals surface area contributed by atoms with E-state index in [-0.39, 0.29) is 0 Å². The molecule has 0 unspecified atom stereocenters. The van der Waals surface area contributed by atoms with Gasteiger partial charge in [0.25, 0.3) is 0 Å². The summed E-state index contributed by atoms with van der Waals surface area (Å²) in [5, 5.41) is 13.6. The number of thioether (sulfide) groups is 1. The number of rotatable bonds is 7. The van der Waals surface area contributed by atoms with Gasteiger partial charge in [-0.15, -0.1) is 10.2 Å². The Balaban J connectivity index is 1.40. The van der Waals surface area contributed by atoms with E-state index in [0.717, 1.165) is 16.3 Å². The molecule has 0 bridgehead atoms. The molecule has 0 aliphatic carbocycles. The molecular weight excluding hydrogens is 478 g/mol. The van der Waals surface area contributed by atoms with Crippen molar-refractivity contribution < 1.29 is 8.94 Å². The van der Waals surface area contributed by atoms with Crippen molar-refractivity contribution in [3.63, 3.8) is 0 Å². The fraction of sp³-hybridized carbons (Fsp3) is 0.0909. The second-order valence-electron chi connectivity index (χ2n) is 6.65. The highest BCUT2D eigenvalue weighted by Gasteiger charge is 2.19. The Kier molecular flexibility index (Phi) is 5.68. The van der Waals surface area contributed by atoms with Gasteiger partial charge in [0.15, 0.2) is 15.6 Å². The van der Waals surface area contributed by atoms with Crippen molar-refractivity contribution in [3.05, 3.63) is 88.9 Å². The van der Waals surface area contributed by atoms with Gasteiger partial charge >= 0.3 is 0 Å². The van der Waals surface area contributed by atoms with Crippen LogP contribution in [0.5, 0.6) is 0 Å². The summed E-state index contributed by atoms with van der Waals surface area (Å²) >= 11 is 4.84. The van der Waals surface area contributed by atoms with Crippen molar-refractivity contribution in [1.29, 1.82) is 0 Å². The van der Waals surface area contributed by atoms with Crippen LogP contribution in [0.2, 0.25) is 0 Å². The van der Waals surface area contributed by atoms with E-state index < -0.39 is 0 Å². The first-order valence-electron chi connectivity index (χ1n) is 9.50. The Hall–Kier alpha value is -3.17. The summed E-state index contributed by atoms with van der Waals surface area (Å²) in [7, 11) is 0. The van der Waals surface area contributed by atoms with E-state index in [1.165, 1.54) is 11.8 Å². The number of hydrogen-bond donors (Lipinski definition) is 0. The van der Waals surface area contributed by atoms with Gasteiger partial charge in [0.1, 0.15) is 0 Å². The van der Waals surface area contributed by atoms with Crippen molar-refractivity contribution >= 4 is 27.7 Å². The molecule has 3 heterocycles. The molecule has 0 fully saturated rings. The van der Waals surface area contributed by atoms with E-state index >= 15 is 0 Å². The molecule has 0 spiro atoms. The first-order valence-corrected chi connectivity index (χ1v) is 11.3. The average molecular weight is 494 g/mol. The van der Waals surface area contributed by atoms with Gasteiger partial charge in [-0.2, -0.15) is 4.98 Å².